The van der Waals surface area contributed by atoms with E-state index in [0.29, 0.717) is 56.2 Å². The number of sulfonamides is 1. The lowest BCUT2D eigenvalue weighted by molar-refractivity contribution is -0.138. The highest BCUT2D eigenvalue weighted by Gasteiger charge is 2.38. The van der Waals surface area contributed by atoms with E-state index in [4.69, 9.17) is 0 Å². The summed E-state index contributed by atoms with van der Waals surface area (Å²) in [6, 6.07) is 3.51. The van der Waals surface area contributed by atoms with Crippen LogP contribution in [0.1, 0.15) is 24.1 Å². The molecule has 0 aromatic carbocycles. The minimum absolute atomic E-state index is 0.0240. The lowest BCUT2D eigenvalue weighted by Crippen LogP contribution is -2.55. The Kier molecular flexibility index (Phi) is 6.28. The minimum Gasteiger partial charge on any atom is -0.340 e. The highest BCUT2D eigenvalue weighted by molar-refractivity contribution is 7.91. The van der Waals surface area contributed by atoms with Gasteiger partial charge in [0.15, 0.2) is 9.84 Å². The Morgan fingerprint density at radius 3 is 2.43 bits per heavy atom. The fourth-order valence-electron chi connectivity index (χ4n) is 4.67. The van der Waals surface area contributed by atoms with E-state index in [-0.39, 0.29) is 35.9 Å². The molecule has 0 saturated carbocycles. The number of nitrogens with zero attached hydrogens (tertiary/aromatic N) is 3. The van der Waals surface area contributed by atoms with Gasteiger partial charge in [-0.15, -0.1) is 11.3 Å². The largest absolute Gasteiger partial charge is 0.340 e. The lowest BCUT2D eigenvalue weighted by atomic mass is 9.97. The number of piperazine rings is 1. The van der Waals surface area contributed by atoms with Crippen molar-refractivity contribution in [1.29, 1.82) is 0 Å². The SMILES string of the molecule is Cc1ccc(S(=O)(=O)N2CCCC(C(=O)N3CCN(C4CCS(=O)(=O)C4)CC3)C2)s1. The molecule has 3 aliphatic rings. The molecule has 1 aromatic rings. The molecule has 4 rings (SSSR count). The molecule has 30 heavy (non-hydrogen) atoms. The van der Waals surface area contributed by atoms with Gasteiger partial charge in [0.1, 0.15) is 4.21 Å². The van der Waals surface area contributed by atoms with E-state index in [2.05, 4.69) is 4.90 Å². The van der Waals surface area contributed by atoms with Crippen molar-refractivity contribution < 1.29 is 21.6 Å². The molecule has 2 unspecified atom stereocenters. The third-order valence-corrected chi connectivity index (χ3v) is 11.5. The Morgan fingerprint density at radius 2 is 1.83 bits per heavy atom. The molecular formula is C19H29N3O5S3. The van der Waals surface area contributed by atoms with Crippen molar-refractivity contribution in [2.45, 2.75) is 36.4 Å². The maximum Gasteiger partial charge on any atom is 0.252 e. The van der Waals surface area contributed by atoms with Crippen LogP contribution in [0.5, 0.6) is 0 Å². The summed E-state index contributed by atoms with van der Waals surface area (Å²) in [6.07, 6.45) is 2.06. The predicted molar refractivity (Wildman–Crippen MR) is 116 cm³/mol. The maximum atomic E-state index is 13.1. The van der Waals surface area contributed by atoms with Crippen molar-refractivity contribution in [3.05, 3.63) is 17.0 Å². The molecule has 0 spiro atoms. The maximum absolute atomic E-state index is 13.1. The van der Waals surface area contributed by atoms with Crippen LogP contribution in [0.25, 0.3) is 0 Å². The molecule has 0 N–H and O–H groups in total. The van der Waals surface area contributed by atoms with Crippen LogP contribution in [0.2, 0.25) is 0 Å². The lowest BCUT2D eigenvalue weighted by Gasteiger charge is -2.40. The molecule has 0 aliphatic carbocycles. The monoisotopic (exact) mass is 475 g/mol. The van der Waals surface area contributed by atoms with Gasteiger partial charge in [0.05, 0.1) is 17.4 Å². The molecule has 2 atom stereocenters. The zero-order valence-corrected chi connectivity index (χ0v) is 19.6. The molecule has 4 heterocycles. The Labute approximate surface area is 182 Å². The Bertz CT molecular complexity index is 996. The Morgan fingerprint density at radius 1 is 1.10 bits per heavy atom. The van der Waals surface area contributed by atoms with Gasteiger partial charge in [0.25, 0.3) is 10.0 Å². The highest BCUT2D eigenvalue weighted by atomic mass is 32.2. The zero-order valence-electron chi connectivity index (χ0n) is 17.2. The van der Waals surface area contributed by atoms with Crippen molar-refractivity contribution >= 4 is 37.1 Å². The van der Waals surface area contributed by atoms with E-state index in [1.165, 1.54) is 15.6 Å². The number of carbonyl (C=O) groups is 1. The van der Waals surface area contributed by atoms with E-state index in [0.717, 1.165) is 4.88 Å². The van der Waals surface area contributed by atoms with Crippen molar-refractivity contribution in [2.75, 3.05) is 50.8 Å². The van der Waals surface area contributed by atoms with Crippen LogP contribution in [0.15, 0.2) is 16.3 Å². The first-order chi connectivity index (χ1) is 14.2. The highest BCUT2D eigenvalue weighted by Crippen LogP contribution is 2.29. The van der Waals surface area contributed by atoms with Crippen molar-refractivity contribution in [3.63, 3.8) is 0 Å². The van der Waals surface area contributed by atoms with E-state index >= 15 is 0 Å². The quantitative estimate of drug-likeness (QED) is 0.639. The molecule has 11 heteroatoms. The van der Waals surface area contributed by atoms with Gasteiger partial charge in [0, 0.05) is 50.2 Å². The summed E-state index contributed by atoms with van der Waals surface area (Å²) in [5.74, 6) is 0.190. The van der Waals surface area contributed by atoms with Crippen molar-refractivity contribution in [3.8, 4) is 0 Å². The standard InChI is InChI=1S/C19H29N3O5S3/c1-15-4-5-18(28-15)30(26,27)22-7-2-3-16(13-22)19(23)21-10-8-20(9-11-21)17-6-12-29(24,25)14-17/h4-5,16-17H,2-3,6-14H2,1H3. The second-order valence-corrected chi connectivity index (χ2v) is 14.2. The van der Waals surface area contributed by atoms with Gasteiger partial charge >= 0.3 is 0 Å². The fourth-order valence-corrected chi connectivity index (χ4v) is 9.39. The molecular weight excluding hydrogens is 446 g/mol. The summed E-state index contributed by atoms with van der Waals surface area (Å²) < 4.78 is 51.2. The van der Waals surface area contributed by atoms with Gasteiger partial charge in [-0.25, -0.2) is 16.8 Å². The number of piperidine rings is 1. The van der Waals surface area contributed by atoms with Crippen LogP contribution < -0.4 is 0 Å². The van der Waals surface area contributed by atoms with Crippen molar-refractivity contribution in [1.82, 2.24) is 14.1 Å². The van der Waals surface area contributed by atoms with Gasteiger partial charge in [0.2, 0.25) is 5.91 Å². The average Bonchev–Trinajstić information content (AvgIpc) is 3.33. The predicted octanol–water partition coefficient (Wildman–Crippen LogP) is 0.789. The van der Waals surface area contributed by atoms with E-state index in [9.17, 15) is 21.6 Å². The molecule has 3 aliphatic heterocycles. The molecule has 1 aromatic heterocycles. The van der Waals surface area contributed by atoms with E-state index in [1.807, 2.05) is 11.8 Å². The Balaban J connectivity index is 1.35. The third-order valence-electron chi connectivity index (χ3n) is 6.39. The van der Waals surface area contributed by atoms with Crippen LogP contribution in [0.4, 0.5) is 0 Å². The number of amides is 1. The summed E-state index contributed by atoms with van der Waals surface area (Å²) >= 11 is 1.26. The third kappa shape index (κ3) is 4.59. The van der Waals surface area contributed by atoms with Crippen LogP contribution >= 0.6 is 11.3 Å². The number of rotatable bonds is 4. The second kappa shape index (κ2) is 8.50. The molecule has 8 nitrogen and oxygen atoms in total. The van der Waals surface area contributed by atoms with Crippen LogP contribution in [-0.2, 0) is 24.7 Å². The first-order valence-corrected chi connectivity index (χ1v) is 14.5. The number of aryl methyl sites for hydroxylation is 1. The van der Waals surface area contributed by atoms with Gasteiger partial charge in [-0.2, -0.15) is 4.31 Å². The number of hydrogen-bond acceptors (Lipinski definition) is 7. The van der Waals surface area contributed by atoms with Crippen LogP contribution in [-0.4, -0.2) is 93.7 Å². The van der Waals surface area contributed by atoms with E-state index in [1.54, 1.807) is 12.1 Å². The number of carbonyl (C=O) groups excluding carboxylic acids is 1. The summed E-state index contributed by atoms with van der Waals surface area (Å²) in [7, 11) is -6.47. The topological polar surface area (TPSA) is 95.1 Å². The average molecular weight is 476 g/mol. The summed E-state index contributed by atoms with van der Waals surface area (Å²) in [4.78, 5) is 18.1. The summed E-state index contributed by atoms with van der Waals surface area (Å²) in [5.41, 5.74) is 0. The normalized spacial score (nSPS) is 28.6. The summed E-state index contributed by atoms with van der Waals surface area (Å²) in [5, 5.41) is 0. The molecule has 3 fully saturated rings. The van der Waals surface area contributed by atoms with Gasteiger partial charge in [-0.05, 0) is 38.3 Å². The van der Waals surface area contributed by atoms with Crippen LogP contribution in [0, 0.1) is 12.8 Å². The number of sulfone groups is 1. The van der Waals surface area contributed by atoms with Gasteiger partial charge in [-0.3, -0.25) is 9.69 Å². The second-order valence-electron chi connectivity index (χ2n) is 8.49. The first-order valence-electron chi connectivity index (χ1n) is 10.5. The van der Waals surface area contributed by atoms with Crippen molar-refractivity contribution in [2.24, 2.45) is 5.92 Å². The molecule has 3 saturated heterocycles. The minimum atomic E-state index is -3.55. The number of hydrogen-bond donors (Lipinski definition) is 0. The van der Waals surface area contributed by atoms with Gasteiger partial charge < -0.3 is 4.90 Å². The van der Waals surface area contributed by atoms with Gasteiger partial charge in [-0.1, -0.05) is 0 Å². The smallest absolute Gasteiger partial charge is 0.252 e. The molecule has 0 radical (unpaired) electrons. The molecule has 1 amide bonds. The zero-order chi connectivity index (χ0) is 21.5. The summed E-state index contributed by atoms with van der Waals surface area (Å²) in [6.45, 7) is 5.06. The van der Waals surface area contributed by atoms with E-state index < -0.39 is 19.9 Å². The van der Waals surface area contributed by atoms with Crippen LogP contribution in [0.3, 0.4) is 0 Å². The Hall–Kier alpha value is -1.01. The molecule has 0 bridgehead atoms. The molecule has 168 valence electrons. The first kappa shape index (κ1) is 22.2. The number of thiophene rings is 1. The fraction of sp³-hybridized carbons (Fsp3) is 0.737.